The summed E-state index contributed by atoms with van der Waals surface area (Å²) in [4.78, 5) is 21.9. The quantitative estimate of drug-likeness (QED) is 0.652. The molecule has 0 saturated heterocycles. The third-order valence-corrected chi connectivity index (χ3v) is 3.85. The number of nitrogens with zero attached hydrogens (tertiary/aromatic N) is 1. The summed E-state index contributed by atoms with van der Waals surface area (Å²) in [6.45, 7) is 2.03. The van der Waals surface area contributed by atoms with E-state index in [-0.39, 0.29) is 5.69 Å². The zero-order valence-electron chi connectivity index (χ0n) is 11.3. The van der Waals surface area contributed by atoms with Crippen LogP contribution in [0.15, 0.2) is 24.3 Å². The molecule has 1 fully saturated rings. The highest BCUT2D eigenvalue weighted by atomic mass is 16.6. The van der Waals surface area contributed by atoms with E-state index < -0.39 is 16.4 Å². The van der Waals surface area contributed by atoms with Gasteiger partial charge < -0.3 is 10.4 Å². The van der Waals surface area contributed by atoms with Gasteiger partial charge in [-0.05, 0) is 24.8 Å². The molecular weight excluding hydrogens is 260 g/mol. The average Bonchev–Trinajstić information content (AvgIpc) is 2.38. The Kier molecular flexibility index (Phi) is 3.92. The minimum atomic E-state index is -1.02. The van der Waals surface area contributed by atoms with Crippen molar-refractivity contribution in [3.05, 3.63) is 34.4 Å². The van der Waals surface area contributed by atoms with Crippen LogP contribution in [0.25, 0.3) is 0 Å². The number of nitrogens with one attached hydrogen (secondary N) is 1. The van der Waals surface area contributed by atoms with Gasteiger partial charge in [0.05, 0.1) is 4.92 Å². The van der Waals surface area contributed by atoms with Crippen molar-refractivity contribution in [1.82, 2.24) is 0 Å². The number of hydrogen-bond donors (Lipinski definition) is 2. The predicted molar refractivity (Wildman–Crippen MR) is 74.7 cm³/mol. The SMILES string of the molecule is CC1CCCC(Nc2cccc([N+](=O)[O-])c2)(C(=O)O)C1. The number of aliphatic carboxylic acids is 1. The minimum Gasteiger partial charge on any atom is -0.480 e. The number of nitro groups is 1. The number of nitro benzene ring substituents is 1. The monoisotopic (exact) mass is 278 g/mol. The summed E-state index contributed by atoms with van der Waals surface area (Å²) in [5, 5.41) is 23.3. The van der Waals surface area contributed by atoms with Gasteiger partial charge in [0.1, 0.15) is 5.54 Å². The van der Waals surface area contributed by atoms with Crippen molar-refractivity contribution < 1.29 is 14.8 Å². The van der Waals surface area contributed by atoms with Crippen molar-refractivity contribution in [3.8, 4) is 0 Å². The zero-order valence-corrected chi connectivity index (χ0v) is 11.3. The van der Waals surface area contributed by atoms with Gasteiger partial charge in [0, 0.05) is 17.8 Å². The molecule has 2 N–H and O–H groups in total. The molecule has 0 radical (unpaired) electrons. The first-order valence-corrected chi connectivity index (χ1v) is 6.69. The Morgan fingerprint density at radius 3 is 2.90 bits per heavy atom. The smallest absolute Gasteiger partial charge is 0.329 e. The molecule has 0 bridgehead atoms. The Morgan fingerprint density at radius 1 is 1.55 bits per heavy atom. The third kappa shape index (κ3) is 2.89. The number of rotatable bonds is 4. The van der Waals surface area contributed by atoms with Crippen LogP contribution in [0.1, 0.15) is 32.6 Å². The van der Waals surface area contributed by atoms with E-state index >= 15 is 0 Å². The van der Waals surface area contributed by atoms with Gasteiger partial charge in [-0.2, -0.15) is 0 Å². The molecule has 0 amide bonds. The number of carbonyl (C=O) groups is 1. The Labute approximate surface area is 117 Å². The number of non-ortho nitro benzene ring substituents is 1. The lowest BCUT2D eigenvalue weighted by molar-refractivity contribution is -0.384. The Hall–Kier alpha value is -2.11. The van der Waals surface area contributed by atoms with Gasteiger partial charge in [0.25, 0.3) is 5.69 Å². The van der Waals surface area contributed by atoms with Crippen LogP contribution in [0.3, 0.4) is 0 Å². The molecule has 2 rings (SSSR count). The molecule has 6 nitrogen and oxygen atoms in total. The van der Waals surface area contributed by atoms with E-state index in [2.05, 4.69) is 5.32 Å². The molecule has 1 aromatic rings. The van der Waals surface area contributed by atoms with Crippen LogP contribution < -0.4 is 5.32 Å². The number of anilines is 1. The van der Waals surface area contributed by atoms with Crippen LogP contribution in [-0.2, 0) is 4.79 Å². The lowest BCUT2D eigenvalue weighted by atomic mass is 9.76. The summed E-state index contributed by atoms with van der Waals surface area (Å²) >= 11 is 0. The summed E-state index contributed by atoms with van der Waals surface area (Å²) < 4.78 is 0. The first kappa shape index (κ1) is 14.3. The van der Waals surface area contributed by atoms with Crippen LogP contribution in [-0.4, -0.2) is 21.5 Å². The van der Waals surface area contributed by atoms with Crippen LogP contribution in [0, 0.1) is 16.0 Å². The molecule has 0 aromatic heterocycles. The number of carboxylic acids is 1. The normalized spacial score (nSPS) is 25.9. The zero-order chi connectivity index (χ0) is 14.8. The molecule has 2 atom stereocenters. The van der Waals surface area contributed by atoms with E-state index in [4.69, 9.17) is 0 Å². The van der Waals surface area contributed by atoms with E-state index in [1.54, 1.807) is 12.1 Å². The fourth-order valence-corrected chi connectivity index (χ4v) is 2.89. The first-order chi connectivity index (χ1) is 9.43. The molecule has 0 aliphatic heterocycles. The fourth-order valence-electron chi connectivity index (χ4n) is 2.89. The predicted octanol–water partition coefficient (Wildman–Crippen LogP) is 3.04. The van der Waals surface area contributed by atoms with E-state index in [1.807, 2.05) is 6.92 Å². The standard InChI is InChI=1S/C14H18N2O4/c1-10-4-3-7-14(9-10,13(17)18)15-11-5-2-6-12(8-11)16(19)20/h2,5-6,8,10,15H,3-4,7,9H2,1H3,(H,17,18). The Bertz CT molecular complexity index is 532. The van der Waals surface area contributed by atoms with Gasteiger partial charge in [-0.25, -0.2) is 4.79 Å². The maximum Gasteiger partial charge on any atom is 0.329 e. The first-order valence-electron chi connectivity index (χ1n) is 6.69. The average molecular weight is 278 g/mol. The van der Waals surface area contributed by atoms with Crippen molar-refractivity contribution in [1.29, 1.82) is 0 Å². The van der Waals surface area contributed by atoms with Crippen molar-refractivity contribution in [2.75, 3.05) is 5.32 Å². The van der Waals surface area contributed by atoms with Crippen molar-refractivity contribution in [3.63, 3.8) is 0 Å². The molecule has 0 spiro atoms. The second kappa shape index (κ2) is 5.48. The third-order valence-electron chi connectivity index (χ3n) is 3.85. The highest BCUT2D eigenvalue weighted by Crippen LogP contribution is 2.35. The van der Waals surface area contributed by atoms with Crippen LogP contribution in [0.4, 0.5) is 11.4 Å². The summed E-state index contributed by atoms with van der Waals surface area (Å²) in [5.74, 6) is -0.568. The van der Waals surface area contributed by atoms with Gasteiger partial charge in [0.15, 0.2) is 0 Å². The number of hydrogen-bond acceptors (Lipinski definition) is 4. The Balaban J connectivity index is 2.26. The van der Waals surface area contributed by atoms with E-state index in [9.17, 15) is 20.0 Å². The van der Waals surface area contributed by atoms with Gasteiger partial charge in [-0.1, -0.05) is 25.8 Å². The van der Waals surface area contributed by atoms with Crippen molar-refractivity contribution >= 4 is 17.3 Å². The second-order valence-electron chi connectivity index (χ2n) is 5.52. The van der Waals surface area contributed by atoms with Crippen LogP contribution in [0.2, 0.25) is 0 Å². The van der Waals surface area contributed by atoms with Gasteiger partial charge >= 0.3 is 5.97 Å². The lowest BCUT2D eigenvalue weighted by Gasteiger charge is -2.37. The molecule has 1 saturated carbocycles. The molecule has 0 heterocycles. The summed E-state index contributed by atoms with van der Waals surface area (Å²) in [7, 11) is 0. The molecule has 108 valence electrons. The molecule has 20 heavy (non-hydrogen) atoms. The minimum absolute atomic E-state index is 0.0422. The molecule has 6 heteroatoms. The number of benzene rings is 1. The maximum absolute atomic E-state index is 11.6. The van der Waals surface area contributed by atoms with E-state index in [1.165, 1.54) is 12.1 Å². The van der Waals surface area contributed by atoms with Gasteiger partial charge in [-0.3, -0.25) is 10.1 Å². The van der Waals surface area contributed by atoms with Crippen LogP contribution >= 0.6 is 0 Å². The van der Waals surface area contributed by atoms with Crippen molar-refractivity contribution in [2.45, 2.75) is 38.1 Å². The fraction of sp³-hybridized carbons (Fsp3) is 0.500. The molecule has 1 aromatic carbocycles. The second-order valence-corrected chi connectivity index (χ2v) is 5.52. The van der Waals surface area contributed by atoms with Gasteiger partial charge in [0.2, 0.25) is 0 Å². The van der Waals surface area contributed by atoms with Gasteiger partial charge in [-0.15, -0.1) is 0 Å². The topological polar surface area (TPSA) is 92.5 Å². The van der Waals surface area contributed by atoms with Crippen LogP contribution in [0.5, 0.6) is 0 Å². The molecule has 2 unspecified atom stereocenters. The van der Waals surface area contributed by atoms with E-state index in [0.29, 0.717) is 24.4 Å². The Morgan fingerprint density at radius 2 is 2.30 bits per heavy atom. The molecule has 1 aliphatic rings. The molecule has 1 aliphatic carbocycles. The summed E-state index contributed by atoms with van der Waals surface area (Å²) in [5.41, 5.74) is -0.581. The summed E-state index contributed by atoms with van der Waals surface area (Å²) in [6.07, 6.45) is 2.93. The maximum atomic E-state index is 11.6. The highest BCUT2D eigenvalue weighted by Gasteiger charge is 2.42. The summed E-state index contributed by atoms with van der Waals surface area (Å²) in [6, 6.07) is 5.99. The lowest BCUT2D eigenvalue weighted by Crippen LogP contribution is -2.49. The highest BCUT2D eigenvalue weighted by molar-refractivity contribution is 5.83. The van der Waals surface area contributed by atoms with Crippen molar-refractivity contribution in [2.24, 2.45) is 5.92 Å². The molecular formula is C14H18N2O4. The van der Waals surface area contributed by atoms with E-state index in [0.717, 1.165) is 12.8 Å². The number of carboxylic acid groups (broad SMARTS) is 1. The largest absolute Gasteiger partial charge is 0.480 e.